The highest BCUT2D eigenvalue weighted by Crippen LogP contribution is 2.27. The zero-order valence-corrected chi connectivity index (χ0v) is 10.3. The van der Waals surface area contributed by atoms with Crippen LogP contribution < -0.4 is 0 Å². The Kier molecular flexibility index (Phi) is 2.92. The van der Waals surface area contributed by atoms with E-state index >= 15 is 0 Å². The number of rotatable bonds is 3. The van der Waals surface area contributed by atoms with Crippen LogP contribution in [0, 0.1) is 5.41 Å². The van der Waals surface area contributed by atoms with Crippen LogP contribution in [0.1, 0.15) is 19.6 Å². The van der Waals surface area contributed by atoms with Crippen molar-refractivity contribution in [2.75, 3.05) is 7.11 Å². The molecular formula is C14H16O3. The molecule has 17 heavy (non-hydrogen) atoms. The van der Waals surface area contributed by atoms with Crippen molar-refractivity contribution in [3.63, 3.8) is 0 Å². The molecule has 1 aromatic heterocycles. The maximum atomic E-state index is 11.6. The number of carbonyl (C=O) groups is 1. The quantitative estimate of drug-likeness (QED) is 0.763. The standard InChI is InChI=1S/C14H16O3/c1-14(2,13(15)16-3)9-11-8-10-6-4-5-7-12(10)17-11/h4-8H,9H2,1-3H3. The summed E-state index contributed by atoms with van der Waals surface area (Å²) in [6.45, 7) is 3.71. The lowest BCUT2D eigenvalue weighted by Gasteiger charge is -2.19. The minimum absolute atomic E-state index is 0.224. The van der Waals surface area contributed by atoms with Crippen LogP contribution in [-0.2, 0) is 16.0 Å². The Bertz CT molecular complexity index is 504. The van der Waals surface area contributed by atoms with Crippen molar-refractivity contribution in [1.29, 1.82) is 0 Å². The van der Waals surface area contributed by atoms with Gasteiger partial charge in [-0.2, -0.15) is 0 Å². The summed E-state index contributed by atoms with van der Waals surface area (Å²) in [5.74, 6) is 0.583. The average Bonchev–Trinajstić information content (AvgIpc) is 2.68. The highest BCUT2D eigenvalue weighted by molar-refractivity contribution is 5.79. The lowest BCUT2D eigenvalue weighted by Crippen LogP contribution is -2.27. The Hall–Kier alpha value is -1.77. The summed E-state index contributed by atoms with van der Waals surface area (Å²) in [4.78, 5) is 11.6. The van der Waals surface area contributed by atoms with Crippen LogP contribution in [0.4, 0.5) is 0 Å². The molecule has 0 saturated carbocycles. The topological polar surface area (TPSA) is 39.4 Å². The summed E-state index contributed by atoms with van der Waals surface area (Å²) in [7, 11) is 1.41. The Morgan fingerprint density at radius 2 is 2.06 bits per heavy atom. The summed E-state index contributed by atoms with van der Waals surface area (Å²) in [6, 6.07) is 9.78. The molecule has 3 nitrogen and oxygen atoms in total. The van der Waals surface area contributed by atoms with Crippen molar-refractivity contribution >= 4 is 16.9 Å². The number of benzene rings is 1. The van der Waals surface area contributed by atoms with Gasteiger partial charge in [0.2, 0.25) is 0 Å². The van der Waals surface area contributed by atoms with Gasteiger partial charge < -0.3 is 9.15 Å². The van der Waals surface area contributed by atoms with E-state index in [1.807, 2.05) is 44.2 Å². The summed E-state index contributed by atoms with van der Waals surface area (Å²) in [6.07, 6.45) is 0.536. The highest BCUT2D eigenvalue weighted by atomic mass is 16.5. The Balaban J connectivity index is 2.26. The number of ether oxygens (including phenoxy) is 1. The van der Waals surface area contributed by atoms with Gasteiger partial charge in [0.1, 0.15) is 11.3 Å². The molecule has 0 aliphatic heterocycles. The summed E-state index contributed by atoms with van der Waals surface area (Å²) in [5.41, 5.74) is 0.283. The van der Waals surface area contributed by atoms with E-state index in [9.17, 15) is 4.79 Å². The third kappa shape index (κ3) is 2.33. The molecule has 90 valence electrons. The van der Waals surface area contributed by atoms with Gasteiger partial charge in [0.05, 0.1) is 12.5 Å². The smallest absolute Gasteiger partial charge is 0.311 e. The number of carbonyl (C=O) groups excluding carboxylic acids is 1. The minimum Gasteiger partial charge on any atom is -0.469 e. The van der Waals surface area contributed by atoms with Gasteiger partial charge in [-0.05, 0) is 26.0 Å². The summed E-state index contributed by atoms with van der Waals surface area (Å²) >= 11 is 0. The molecule has 0 N–H and O–H groups in total. The van der Waals surface area contributed by atoms with Gasteiger partial charge >= 0.3 is 5.97 Å². The second kappa shape index (κ2) is 4.24. The minimum atomic E-state index is -0.567. The molecule has 0 unspecified atom stereocenters. The fraction of sp³-hybridized carbons (Fsp3) is 0.357. The van der Waals surface area contributed by atoms with Crippen molar-refractivity contribution in [2.45, 2.75) is 20.3 Å². The fourth-order valence-electron chi connectivity index (χ4n) is 1.91. The first-order valence-corrected chi connectivity index (χ1v) is 5.59. The van der Waals surface area contributed by atoms with Crippen LogP contribution in [0.3, 0.4) is 0 Å². The SMILES string of the molecule is COC(=O)C(C)(C)Cc1cc2ccccc2o1. The van der Waals surface area contributed by atoms with Crippen LogP contribution in [0.2, 0.25) is 0 Å². The zero-order valence-electron chi connectivity index (χ0n) is 10.3. The number of esters is 1. The molecule has 0 atom stereocenters. The van der Waals surface area contributed by atoms with E-state index in [0.717, 1.165) is 16.7 Å². The number of hydrogen-bond acceptors (Lipinski definition) is 3. The van der Waals surface area contributed by atoms with Crippen LogP contribution in [0.5, 0.6) is 0 Å². The fourth-order valence-corrected chi connectivity index (χ4v) is 1.91. The molecule has 0 fully saturated rings. The predicted molar refractivity (Wildman–Crippen MR) is 65.7 cm³/mol. The van der Waals surface area contributed by atoms with E-state index in [2.05, 4.69) is 0 Å². The Labute approximate surface area is 100 Å². The van der Waals surface area contributed by atoms with E-state index in [0.29, 0.717) is 6.42 Å². The number of furan rings is 1. The number of para-hydroxylation sites is 1. The maximum Gasteiger partial charge on any atom is 0.311 e. The second-order valence-electron chi connectivity index (χ2n) is 4.80. The van der Waals surface area contributed by atoms with Gasteiger partial charge in [-0.15, -0.1) is 0 Å². The first kappa shape index (κ1) is 11.7. The molecule has 1 heterocycles. The first-order chi connectivity index (χ1) is 8.03. The summed E-state index contributed by atoms with van der Waals surface area (Å²) < 4.78 is 10.5. The highest BCUT2D eigenvalue weighted by Gasteiger charge is 2.30. The number of fused-ring (bicyclic) bond motifs is 1. The molecule has 2 rings (SSSR count). The van der Waals surface area contributed by atoms with Crippen LogP contribution in [-0.4, -0.2) is 13.1 Å². The molecule has 1 aromatic carbocycles. The molecule has 0 aliphatic rings. The first-order valence-electron chi connectivity index (χ1n) is 5.59. The van der Waals surface area contributed by atoms with Gasteiger partial charge in [0.15, 0.2) is 0 Å². The zero-order chi connectivity index (χ0) is 12.5. The third-order valence-corrected chi connectivity index (χ3v) is 2.83. The van der Waals surface area contributed by atoms with Gasteiger partial charge in [0, 0.05) is 11.8 Å². The van der Waals surface area contributed by atoms with Gasteiger partial charge in [-0.25, -0.2) is 0 Å². The van der Waals surface area contributed by atoms with Gasteiger partial charge in [0.25, 0.3) is 0 Å². The molecule has 0 radical (unpaired) electrons. The van der Waals surface area contributed by atoms with E-state index in [-0.39, 0.29) is 5.97 Å². The lowest BCUT2D eigenvalue weighted by molar-refractivity contribution is -0.150. The predicted octanol–water partition coefficient (Wildman–Crippen LogP) is 3.17. The Morgan fingerprint density at radius 1 is 1.35 bits per heavy atom. The van der Waals surface area contributed by atoms with E-state index in [1.54, 1.807) is 0 Å². The third-order valence-electron chi connectivity index (χ3n) is 2.83. The lowest BCUT2D eigenvalue weighted by atomic mass is 9.88. The summed E-state index contributed by atoms with van der Waals surface area (Å²) in [5, 5.41) is 1.06. The molecule has 0 bridgehead atoms. The molecule has 0 saturated heterocycles. The second-order valence-corrected chi connectivity index (χ2v) is 4.80. The molecule has 0 spiro atoms. The Morgan fingerprint density at radius 3 is 2.71 bits per heavy atom. The van der Waals surface area contributed by atoms with Crippen LogP contribution in [0.25, 0.3) is 11.0 Å². The largest absolute Gasteiger partial charge is 0.469 e. The van der Waals surface area contributed by atoms with Crippen molar-refractivity contribution < 1.29 is 13.9 Å². The van der Waals surface area contributed by atoms with Crippen molar-refractivity contribution in [1.82, 2.24) is 0 Å². The molecule has 0 amide bonds. The monoisotopic (exact) mass is 232 g/mol. The van der Waals surface area contributed by atoms with Crippen molar-refractivity contribution in [3.05, 3.63) is 36.1 Å². The van der Waals surface area contributed by atoms with Gasteiger partial charge in [-0.1, -0.05) is 18.2 Å². The van der Waals surface area contributed by atoms with Gasteiger partial charge in [-0.3, -0.25) is 4.79 Å². The number of methoxy groups -OCH3 is 1. The maximum absolute atomic E-state index is 11.6. The van der Waals surface area contributed by atoms with Crippen molar-refractivity contribution in [3.8, 4) is 0 Å². The van der Waals surface area contributed by atoms with Crippen LogP contribution in [0.15, 0.2) is 34.7 Å². The molecule has 0 aliphatic carbocycles. The molecule has 3 heteroatoms. The van der Waals surface area contributed by atoms with Crippen molar-refractivity contribution in [2.24, 2.45) is 5.41 Å². The molecule has 2 aromatic rings. The molecular weight excluding hydrogens is 216 g/mol. The average molecular weight is 232 g/mol. The van der Waals surface area contributed by atoms with E-state index in [4.69, 9.17) is 9.15 Å². The van der Waals surface area contributed by atoms with Crippen LogP contribution >= 0.6 is 0 Å². The number of hydrogen-bond donors (Lipinski definition) is 0. The van der Waals surface area contributed by atoms with E-state index < -0.39 is 5.41 Å². The normalized spacial score (nSPS) is 11.7. The van der Waals surface area contributed by atoms with E-state index in [1.165, 1.54) is 7.11 Å².